The molecule has 8 nitrogen and oxygen atoms in total. The van der Waals surface area contributed by atoms with E-state index in [9.17, 15) is 9.59 Å². The number of ether oxygens (including phenoxy) is 2. The highest BCUT2D eigenvalue weighted by Gasteiger charge is 2.30. The van der Waals surface area contributed by atoms with Crippen LogP contribution < -0.4 is 15.2 Å². The maximum Gasteiger partial charge on any atom is 0.255 e. The number of amides is 2. The maximum absolute atomic E-state index is 12.8. The van der Waals surface area contributed by atoms with Gasteiger partial charge in [0.15, 0.2) is 11.5 Å². The highest BCUT2D eigenvalue weighted by atomic mass is 16.5. The summed E-state index contributed by atoms with van der Waals surface area (Å²) in [5.41, 5.74) is 7.15. The van der Waals surface area contributed by atoms with Gasteiger partial charge in [-0.05, 0) is 36.2 Å². The van der Waals surface area contributed by atoms with Crippen molar-refractivity contribution in [1.82, 2.24) is 14.8 Å². The van der Waals surface area contributed by atoms with Crippen molar-refractivity contribution in [2.24, 2.45) is 5.73 Å². The van der Waals surface area contributed by atoms with Crippen molar-refractivity contribution >= 4 is 11.8 Å². The minimum atomic E-state index is -0.369. The molecule has 1 atom stereocenters. The smallest absolute Gasteiger partial charge is 0.255 e. The number of carbonyl (C=O) groups is 2. The molecule has 0 saturated carbocycles. The van der Waals surface area contributed by atoms with E-state index in [-0.39, 0.29) is 24.3 Å². The van der Waals surface area contributed by atoms with Gasteiger partial charge in [-0.2, -0.15) is 0 Å². The lowest BCUT2D eigenvalue weighted by Gasteiger charge is -2.41. The van der Waals surface area contributed by atoms with Gasteiger partial charge in [0.2, 0.25) is 5.91 Å². The highest BCUT2D eigenvalue weighted by Crippen LogP contribution is 2.28. The fourth-order valence-electron chi connectivity index (χ4n) is 3.78. The number of aromatic nitrogens is 1. The number of hydrogen-bond acceptors (Lipinski definition) is 6. The standard InChI is InChI=1S/C22H28N4O4/c1-29-19-6-5-16(12-20(19)30-2)7-9-25-10-11-26(15-18(25)13-21(23)27)22(28)17-4-3-8-24-14-17/h3-6,8,12,14,18H,7,9-11,13,15H2,1-2H3,(H2,23,27). The molecule has 0 radical (unpaired) electrons. The number of pyridine rings is 1. The Bertz CT molecular complexity index is 875. The molecule has 0 aliphatic carbocycles. The van der Waals surface area contributed by atoms with Crippen LogP contribution in [0.25, 0.3) is 0 Å². The molecule has 8 heteroatoms. The van der Waals surface area contributed by atoms with Crippen molar-refractivity contribution in [2.45, 2.75) is 18.9 Å². The van der Waals surface area contributed by atoms with E-state index in [1.54, 1.807) is 43.6 Å². The predicted molar refractivity (Wildman–Crippen MR) is 113 cm³/mol. The molecule has 1 saturated heterocycles. The van der Waals surface area contributed by atoms with E-state index in [4.69, 9.17) is 15.2 Å². The van der Waals surface area contributed by atoms with Crippen molar-refractivity contribution in [1.29, 1.82) is 0 Å². The average Bonchev–Trinajstić information content (AvgIpc) is 2.77. The number of primary amides is 1. The molecule has 0 bridgehead atoms. The summed E-state index contributed by atoms with van der Waals surface area (Å²) in [6.07, 6.45) is 4.20. The van der Waals surface area contributed by atoms with E-state index in [2.05, 4.69) is 9.88 Å². The predicted octanol–water partition coefficient (Wildman–Crippen LogP) is 1.34. The molecule has 1 aliphatic heterocycles. The zero-order valence-electron chi connectivity index (χ0n) is 17.4. The van der Waals surface area contributed by atoms with E-state index in [0.717, 1.165) is 18.5 Å². The molecule has 1 unspecified atom stereocenters. The van der Waals surface area contributed by atoms with Crippen molar-refractivity contribution in [2.75, 3.05) is 40.4 Å². The second-order valence-electron chi connectivity index (χ2n) is 7.29. The minimum Gasteiger partial charge on any atom is -0.493 e. The number of nitrogens with two attached hydrogens (primary N) is 1. The lowest BCUT2D eigenvalue weighted by atomic mass is 10.0. The number of methoxy groups -OCH3 is 2. The van der Waals surface area contributed by atoms with Crippen LogP contribution in [-0.2, 0) is 11.2 Å². The van der Waals surface area contributed by atoms with Crippen LogP contribution in [0.1, 0.15) is 22.3 Å². The van der Waals surface area contributed by atoms with Crippen LogP contribution in [0.4, 0.5) is 0 Å². The number of nitrogens with zero attached hydrogens (tertiary/aromatic N) is 3. The van der Waals surface area contributed by atoms with E-state index >= 15 is 0 Å². The Balaban J connectivity index is 1.66. The Labute approximate surface area is 176 Å². The topological polar surface area (TPSA) is 98.0 Å². The summed E-state index contributed by atoms with van der Waals surface area (Å²) in [4.78, 5) is 32.4. The minimum absolute atomic E-state index is 0.0721. The molecular formula is C22H28N4O4. The molecular weight excluding hydrogens is 384 g/mol. The molecule has 0 spiro atoms. The molecule has 1 aromatic heterocycles. The molecule has 3 rings (SSSR count). The van der Waals surface area contributed by atoms with Gasteiger partial charge in [-0.25, -0.2) is 0 Å². The third-order valence-corrected chi connectivity index (χ3v) is 5.37. The van der Waals surface area contributed by atoms with E-state index in [1.165, 1.54) is 0 Å². The van der Waals surface area contributed by atoms with E-state index in [1.807, 2.05) is 18.2 Å². The van der Waals surface area contributed by atoms with Gasteiger partial charge >= 0.3 is 0 Å². The number of hydrogen-bond donors (Lipinski definition) is 1. The maximum atomic E-state index is 12.8. The van der Waals surface area contributed by atoms with Crippen LogP contribution in [0.3, 0.4) is 0 Å². The zero-order chi connectivity index (χ0) is 21.5. The second-order valence-corrected chi connectivity index (χ2v) is 7.29. The number of benzene rings is 1. The average molecular weight is 412 g/mol. The summed E-state index contributed by atoms with van der Waals surface area (Å²) in [6, 6.07) is 9.24. The Morgan fingerprint density at radius 1 is 1.17 bits per heavy atom. The Morgan fingerprint density at radius 3 is 2.63 bits per heavy atom. The molecule has 1 fully saturated rings. The molecule has 2 heterocycles. The molecule has 2 N–H and O–H groups in total. The van der Waals surface area contributed by atoms with Gasteiger partial charge < -0.3 is 20.1 Å². The van der Waals surface area contributed by atoms with Gasteiger partial charge in [0.05, 0.1) is 19.8 Å². The first-order chi connectivity index (χ1) is 14.5. The lowest BCUT2D eigenvalue weighted by molar-refractivity contribution is -0.119. The van der Waals surface area contributed by atoms with Crippen LogP contribution >= 0.6 is 0 Å². The Kier molecular flexibility index (Phi) is 7.24. The van der Waals surface area contributed by atoms with Crippen LogP contribution in [0, 0.1) is 0 Å². The van der Waals surface area contributed by atoms with Crippen molar-refractivity contribution < 1.29 is 19.1 Å². The Morgan fingerprint density at radius 2 is 1.97 bits per heavy atom. The molecule has 1 aromatic carbocycles. The SMILES string of the molecule is COc1ccc(CCN2CCN(C(=O)c3cccnc3)CC2CC(N)=O)cc1OC. The highest BCUT2D eigenvalue weighted by molar-refractivity contribution is 5.94. The number of piperazine rings is 1. The summed E-state index contributed by atoms with van der Waals surface area (Å²) < 4.78 is 10.7. The quantitative estimate of drug-likeness (QED) is 0.703. The fraction of sp³-hybridized carbons (Fsp3) is 0.409. The summed E-state index contributed by atoms with van der Waals surface area (Å²) in [7, 11) is 3.22. The Hall–Kier alpha value is -3.13. The first-order valence-corrected chi connectivity index (χ1v) is 9.94. The first-order valence-electron chi connectivity index (χ1n) is 9.94. The molecule has 2 amide bonds. The largest absolute Gasteiger partial charge is 0.493 e. The third-order valence-electron chi connectivity index (χ3n) is 5.37. The van der Waals surface area contributed by atoms with Crippen molar-refractivity contribution in [3.8, 4) is 11.5 Å². The van der Waals surface area contributed by atoms with Crippen LogP contribution in [0.15, 0.2) is 42.7 Å². The number of rotatable bonds is 8. The molecule has 1 aliphatic rings. The monoisotopic (exact) mass is 412 g/mol. The van der Waals surface area contributed by atoms with Crippen molar-refractivity contribution in [3.63, 3.8) is 0 Å². The zero-order valence-corrected chi connectivity index (χ0v) is 17.4. The van der Waals surface area contributed by atoms with Gasteiger partial charge in [-0.15, -0.1) is 0 Å². The normalized spacial score (nSPS) is 16.9. The van der Waals surface area contributed by atoms with Crippen molar-refractivity contribution in [3.05, 3.63) is 53.9 Å². The summed E-state index contributed by atoms with van der Waals surface area (Å²) in [5.74, 6) is 0.940. The third kappa shape index (κ3) is 5.27. The van der Waals surface area contributed by atoms with Crippen LogP contribution in [-0.4, -0.2) is 73.0 Å². The number of carbonyl (C=O) groups excluding carboxylic acids is 2. The summed E-state index contributed by atoms with van der Waals surface area (Å²) in [5, 5.41) is 0. The molecule has 2 aromatic rings. The van der Waals surface area contributed by atoms with Gasteiger partial charge in [0, 0.05) is 51.0 Å². The fourth-order valence-corrected chi connectivity index (χ4v) is 3.78. The summed E-state index contributed by atoms with van der Waals surface area (Å²) in [6.45, 7) is 2.48. The van der Waals surface area contributed by atoms with Gasteiger partial charge in [0.25, 0.3) is 5.91 Å². The summed E-state index contributed by atoms with van der Waals surface area (Å²) >= 11 is 0. The second kappa shape index (κ2) is 10.1. The molecule has 160 valence electrons. The van der Waals surface area contributed by atoms with Gasteiger partial charge in [-0.1, -0.05) is 6.07 Å². The lowest BCUT2D eigenvalue weighted by Crippen LogP contribution is -2.56. The van der Waals surface area contributed by atoms with E-state index in [0.29, 0.717) is 36.7 Å². The van der Waals surface area contributed by atoms with Gasteiger partial charge in [0.1, 0.15) is 0 Å². The molecule has 30 heavy (non-hydrogen) atoms. The van der Waals surface area contributed by atoms with E-state index < -0.39 is 0 Å². The van der Waals surface area contributed by atoms with Crippen LogP contribution in [0.5, 0.6) is 11.5 Å². The van der Waals surface area contributed by atoms with Gasteiger partial charge in [-0.3, -0.25) is 19.5 Å². The van der Waals surface area contributed by atoms with Crippen LogP contribution in [0.2, 0.25) is 0 Å². The first kappa shape index (κ1) is 21.6.